The van der Waals surface area contributed by atoms with Gasteiger partial charge in [0.1, 0.15) is 6.23 Å². The molecule has 0 saturated carbocycles. The van der Waals surface area contributed by atoms with E-state index in [1.54, 1.807) is 7.11 Å². The van der Waals surface area contributed by atoms with E-state index in [2.05, 4.69) is 67.0 Å². The van der Waals surface area contributed by atoms with Crippen LogP contribution in [0.2, 0.25) is 0 Å². The lowest BCUT2D eigenvalue weighted by Crippen LogP contribution is -2.34. The molecule has 2 rings (SSSR count). The van der Waals surface area contributed by atoms with Crippen LogP contribution < -0.4 is 15.8 Å². The molecule has 23 heavy (non-hydrogen) atoms. The highest BCUT2D eigenvalue weighted by atomic mass is 16.5. The SMILES string of the molecule is CC.COC(C)NCc1ccc(C(C)C)c(N2C=CC(C)N2)c1. The van der Waals surface area contributed by atoms with Crippen molar-refractivity contribution in [2.45, 2.75) is 66.3 Å². The molecule has 0 amide bonds. The molecule has 2 unspecified atom stereocenters. The largest absolute Gasteiger partial charge is 0.367 e. The minimum absolute atomic E-state index is 0.0584. The zero-order valence-corrected chi connectivity index (χ0v) is 15.7. The van der Waals surface area contributed by atoms with Gasteiger partial charge in [-0.15, -0.1) is 0 Å². The first-order chi connectivity index (χ1) is 11.0. The van der Waals surface area contributed by atoms with Crippen LogP contribution in [0.1, 0.15) is 58.6 Å². The number of ether oxygens (including phenoxy) is 1. The standard InChI is InChI=1S/C17H27N3O.C2H6/c1-12(2)16-7-6-15(11-18-14(4)21-5)10-17(16)20-9-8-13(3)19-20;1-2/h6-10,12-14,18-19H,11H2,1-5H3;1-2H3. The fraction of sp³-hybridized carbons (Fsp3) is 0.579. The number of nitrogens with zero attached hydrogens (tertiary/aromatic N) is 1. The Morgan fingerprint density at radius 2 is 1.96 bits per heavy atom. The Kier molecular flexibility index (Phi) is 8.31. The Morgan fingerprint density at radius 3 is 2.48 bits per heavy atom. The Morgan fingerprint density at radius 1 is 1.26 bits per heavy atom. The minimum atomic E-state index is 0.0584. The lowest BCUT2D eigenvalue weighted by Gasteiger charge is -2.24. The first-order valence-corrected chi connectivity index (χ1v) is 8.64. The maximum absolute atomic E-state index is 5.23. The number of methoxy groups -OCH3 is 1. The third-order valence-electron chi connectivity index (χ3n) is 3.79. The van der Waals surface area contributed by atoms with Crippen LogP contribution >= 0.6 is 0 Å². The zero-order valence-electron chi connectivity index (χ0n) is 15.7. The number of rotatable bonds is 6. The van der Waals surface area contributed by atoms with Gasteiger partial charge in [-0.25, -0.2) is 5.43 Å². The average molecular weight is 319 g/mol. The Bertz CT molecular complexity index is 499. The van der Waals surface area contributed by atoms with E-state index < -0.39 is 0 Å². The predicted octanol–water partition coefficient (Wildman–Crippen LogP) is 4.15. The van der Waals surface area contributed by atoms with Crippen molar-refractivity contribution in [1.29, 1.82) is 0 Å². The van der Waals surface area contributed by atoms with Crippen molar-refractivity contribution < 1.29 is 4.74 Å². The predicted molar refractivity (Wildman–Crippen MR) is 99.4 cm³/mol. The van der Waals surface area contributed by atoms with Crippen LogP contribution in [0.15, 0.2) is 30.5 Å². The van der Waals surface area contributed by atoms with Gasteiger partial charge in [0.15, 0.2) is 0 Å². The molecular weight excluding hydrogens is 286 g/mol. The van der Waals surface area contributed by atoms with Crippen molar-refractivity contribution >= 4 is 5.69 Å². The van der Waals surface area contributed by atoms with Gasteiger partial charge in [-0.2, -0.15) is 0 Å². The molecule has 1 heterocycles. The summed E-state index contributed by atoms with van der Waals surface area (Å²) in [6, 6.07) is 7.05. The molecule has 1 aliphatic heterocycles. The molecule has 1 aromatic carbocycles. The summed E-state index contributed by atoms with van der Waals surface area (Å²) in [4.78, 5) is 0. The second-order valence-electron chi connectivity index (χ2n) is 5.94. The van der Waals surface area contributed by atoms with Crippen LogP contribution in [0.4, 0.5) is 5.69 Å². The van der Waals surface area contributed by atoms with E-state index in [1.165, 1.54) is 16.8 Å². The second kappa shape index (κ2) is 9.71. The van der Waals surface area contributed by atoms with Crippen LogP contribution in [0, 0.1) is 0 Å². The number of benzene rings is 1. The van der Waals surface area contributed by atoms with Crippen molar-refractivity contribution in [1.82, 2.24) is 10.7 Å². The quantitative estimate of drug-likeness (QED) is 0.773. The van der Waals surface area contributed by atoms with E-state index in [1.807, 2.05) is 20.8 Å². The van der Waals surface area contributed by atoms with Gasteiger partial charge >= 0.3 is 0 Å². The number of nitrogens with one attached hydrogen (secondary N) is 2. The molecule has 130 valence electrons. The molecule has 4 nitrogen and oxygen atoms in total. The topological polar surface area (TPSA) is 36.5 Å². The molecule has 0 aliphatic carbocycles. The van der Waals surface area contributed by atoms with Gasteiger partial charge in [-0.1, -0.05) is 39.8 Å². The lowest BCUT2D eigenvalue weighted by molar-refractivity contribution is 0.0879. The Hall–Kier alpha value is -1.36. The molecule has 0 radical (unpaired) electrons. The molecule has 0 fully saturated rings. The number of hydrogen-bond donors (Lipinski definition) is 2. The molecule has 0 saturated heterocycles. The van der Waals surface area contributed by atoms with Gasteiger partial charge < -0.3 is 4.74 Å². The monoisotopic (exact) mass is 319 g/mol. The number of hydrazine groups is 1. The van der Waals surface area contributed by atoms with Crippen LogP contribution in [-0.4, -0.2) is 19.4 Å². The van der Waals surface area contributed by atoms with Gasteiger partial charge in [0.25, 0.3) is 0 Å². The smallest absolute Gasteiger partial charge is 0.105 e. The lowest BCUT2D eigenvalue weighted by atomic mass is 9.99. The van der Waals surface area contributed by atoms with Crippen molar-refractivity contribution in [2.24, 2.45) is 0 Å². The van der Waals surface area contributed by atoms with Crippen molar-refractivity contribution in [2.75, 3.05) is 12.1 Å². The summed E-state index contributed by atoms with van der Waals surface area (Å²) in [5.74, 6) is 0.492. The summed E-state index contributed by atoms with van der Waals surface area (Å²) in [5.41, 5.74) is 7.29. The van der Waals surface area contributed by atoms with E-state index >= 15 is 0 Å². The summed E-state index contributed by atoms with van der Waals surface area (Å²) in [7, 11) is 1.71. The van der Waals surface area contributed by atoms with Gasteiger partial charge in [0.2, 0.25) is 0 Å². The highest BCUT2D eigenvalue weighted by Crippen LogP contribution is 2.29. The molecule has 0 spiro atoms. The molecule has 2 atom stereocenters. The zero-order chi connectivity index (χ0) is 17.4. The maximum atomic E-state index is 5.23. The summed E-state index contributed by atoms with van der Waals surface area (Å²) >= 11 is 0. The normalized spacial score (nSPS) is 18.1. The molecule has 0 aromatic heterocycles. The minimum Gasteiger partial charge on any atom is -0.367 e. The van der Waals surface area contributed by atoms with Crippen molar-refractivity contribution in [3.8, 4) is 0 Å². The average Bonchev–Trinajstić information content (AvgIpc) is 3.00. The third-order valence-corrected chi connectivity index (χ3v) is 3.79. The molecule has 4 heteroatoms. The third kappa shape index (κ3) is 5.65. The second-order valence-corrected chi connectivity index (χ2v) is 5.94. The maximum Gasteiger partial charge on any atom is 0.105 e. The number of hydrogen-bond acceptors (Lipinski definition) is 4. The van der Waals surface area contributed by atoms with Gasteiger partial charge in [0.05, 0.1) is 5.69 Å². The fourth-order valence-electron chi connectivity index (χ4n) is 2.41. The van der Waals surface area contributed by atoms with Gasteiger partial charge in [0, 0.05) is 25.9 Å². The van der Waals surface area contributed by atoms with Gasteiger partial charge in [-0.3, -0.25) is 10.3 Å². The number of anilines is 1. The highest BCUT2D eigenvalue weighted by molar-refractivity contribution is 5.59. The molecule has 1 aromatic rings. The van der Waals surface area contributed by atoms with E-state index in [4.69, 9.17) is 4.74 Å². The van der Waals surface area contributed by atoms with Crippen LogP contribution in [0.3, 0.4) is 0 Å². The molecule has 1 aliphatic rings. The van der Waals surface area contributed by atoms with Crippen molar-refractivity contribution in [3.05, 3.63) is 41.6 Å². The van der Waals surface area contributed by atoms with Crippen molar-refractivity contribution in [3.63, 3.8) is 0 Å². The molecular formula is C19H33N3O. The Balaban J connectivity index is 0.00000127. The van der Waals surface area contributed by atoms with Crippen LogP contribution in [0.5, 0.6) is 0 Å². The van der Waals surface area contributed by atoms with E-state index in [0.717, 1.165) is 6.54 Å². The first kappa shape index (κ1) is 19.7. The van der Waals surface area contributed by atoms with Gasteiger partial charge in [-0.05, 0) is 43.0 Å². The molecule has 0 bridgehead atoms. The van der Waals surface area contributed by atoms with E-state index in [9.17, 15) is 0 Å². The van der Waals surface area contributed by atoms with Crippen LogP contribution in [-0.2, 0) is 11.3 Å². The summed E-state index contributed by atoms with van der Waals surface area (Å²) < 4.78 is 5.23. The highest BCUT2D eigenvalue weighted by Gasteiger charge is 2.17. The van der Waals surface area contributed by atoms with E-state index in [0.29, 0.717) is 12.0 Å². The van der Waals surface area contributed by atoms with E-state index in [-0.39, 0.29) is 6.23 Å². The summed E-state index contributed by atoms with van der Waals surface area (Å²) in [6.45, 7) is 13.4. The summed E-state index contributed by atoms with van der Waals surface area (Å²) in [5, 5.41) is 5.47. The Labute approximate surface area is 141 Å². The molecule has 2 N–H and O–H groups in total. The first-order valence-electron chi connectivity index (χ1n) is 8.64. The van der Waals surface area contributed by atoms with Crippen LogP contribution in [0.25, 0.3) is 0 Å². The fourth-order valence-corrected chi connectivity index (χ4v) is 2.41. The summed E-state index contributed by atoms with van der Waals surface area (Å²) in [6.07, 6.45) is 4.34.